The van der Waals surface area contributed by atoms with Gasteiger partial charge in [0, 0.05) is 6.07 Å². The highest BCUT2D eigenvalue weighted by Crippen LogP contribution is 2.48. The molecule has 0 radical (unpaired) electrons. The zero-order valence-electron chi connectivity index (χ0n) is 16.4. The Morgan fingerprint density at radius 1 is 1.07 bits per heavy atom. The minimum Gasteiger partial charge on any atom is -0.497 e. The number of anilines is 1. The Morgan fingerprint density at radius 2 is 1.83 bits per heavy atom. The lowest BCUT2D eigenvalue weighted by molar-refractivity contribution is -0.133. The van der Waals surface area contributed by atoms with Crippen LogP contribution in [0.5, 0.6) is 11.5 Å². The number of allylic oxidation sites excluding steroid dienone is 2. The second-order valence-electron chi connectivity index (χ2n) is 7.35. The molecule has 0 spiro atoms. The van der Waals surface area contributed by atoms with Crippen molar-refractivity contribution in [3.8, 4) is 11.5 Å². The van der Waals surface area contributed by atoms with E-state index in [2.05, 4.69) is 16.7 Å². The largest absolute Gasteiger partial charge is 0.497 e. The molecule has 1 aromatic heterocycles. The number of rotatable bonds is 7. The molecule has 1 fully saturated rings. The molecule has 2 N–H and O–H groups in total. The van der Waals surface area contributed by atoms with E-state index in [-0.39, 0.29) is 23.7 Å². The number of carbonyl (C=O) groups is 2. The van der Waals surface area contributed by atoms with E-state index in [0.717, 1.165) is 6.42 Å². The van der Waals surface area contributed by atoms with Crippen LogP contribution in [0.1, 0.15) is 12.2 Å². The topological polar surface area (TPSA) is 89.8 Å². The van der Waals surface area contributed by atoms with Gasteiger partial charge < -0.3 is 24.5 Å². The second kappa shape index (κ2) is 8.03. The van der Waals surface area contributed by atoms with Crippen LogP contribution in [0.4, 0.5) is 5.69 Å². The summed E-state index contributed by atoms with van der Waals surface area (Å²) in [6.07, 6.45) is 6.48. The van der Waals surface area contributed by atoms with E-state index in [9.17, 15) is 9.59 Å². The molecule has 7 heteroatoms. The molecule has 4 atom stereocenters. The Labute approximate surface area is 169 Å². The lowest BCUT2D eigenvalue weighted by atomic mass is 9.81. The van der Waals surface area contributed by atoms with Crippen LogP contribution in [-0.4, -0.2) is 26.0 Å². The fourth-order valence-corrected chi connectivity index (χ4v) is 4.37. The summed E-state index contributed by atoms with van der Waals surface area (Å²) in [5, 5.41) is 5.85. The van der Waals surface area contributed by atoms with Crippen LogP contribution in [0.15, 0.2) is 53.2 Å². The van der Waals surface area contributed by atoms with Crippen molar-refractivity contribution in [3.05, 3.63) is 54.5 Å². The molecule has 7 nitrogen and oxygen atoms in total. The van der Waals surface area contributed by atoms with E-state index < -0.39 is 11.8 Å². The standard InChI is InChI=1S/C22H24N2O5/c1-27-15-7-8-18(28-2)17(11-15)24-22(26)20-14-6-5-13(10-14)19(20)21(25)23-12-16-4-3-9-29-16/h3-9,11,13-14,19-20H,10,12H2,1-2H3,(H,23,25)(H,24,26)/t13-,14+,19-,20-/m0/s1. The summed E-state index contributed by atoms with van der Waals surface area (Å²) in [7, 11) is 3.11. The number of fused-ring (bicyclic) bond motifs is 2. The average molecular weight is 396 g/mol. The summed E-state index contributed by atoms with van der Waals surface area (Å²) < 4.78 is 15.9. The van der Waals surface area contributed by atoms with Gasteiger partial charge in [-0.3, -0.25) is 9.59 Å². The van der Waals surface area contributed by atoms with Gasteiger partial charge in [-0.05, 0) is 42.5 Å². The van der Waals surface area contributed by atoms with Gasteiger partial charge in [0.25, 0.3) is 0 Å². The van der Waals surface area contributed by atoms with Crippen LogP contribution >= 0.6 is 0 Å². The Bertz CT molecular complexity index is 921. The predicted octanol–water partition coefficient (Wildman–Crippen LogP) is 2.99. The number of furan rings is 1. The van der Waals surface area contributed by atoms with E-state index in [1.165, 1.54) is 0 Å². The molecule has 2 aliphatic rings. The highest BCUT2D eigenvalue weighted by Gasteiger charge is 2.51. The van der Waals surface area contributed by atoms with Crippen molar-refractivity contribution >= 4 is 17.5 Å². The molecule has 2 amide bonds. The maximum Gasteiger partial charge on any atom is 0.229 e. The first-order chi connectivity index (χ1) is 14.1. The van der Waals surface area contributed by atoms with Gasteiger partial charge in [-0.15, -0.1) is 0 Å². The van der Waals surface area contributed by atoms with E-state index >= 15 is 0 Å². The predicted molar refractivity (Wildman–Crippen MR) is 106 cm³/mol. The third-order valence-corrected chi connectivity index (χ3v) is 5.75. The maximum atomic E-state index is 13.2. The summed E-state index contributed by atoms with van der Waals surface area (Å²) >= 11 is 0. The molecule has 0 aliphatic heterocycles. The van der Waals surface area contributed by atoms with E-state index in [0.29, 0.717) is 29.5 Å². The van der Waals surface area contributed by atoms with Gasteiger partial charge in [-0.2, -0.15) is 0 Å². The maximum absolute atomic E-state index is 13.2. The molecule has 152 valence electrons. The fraction of sp³-hybridized carbons (Fsp3) is 0.364. The van der Waals surface area contributed by atoms with Crippen LogP contribution < -0.4 is 20.1 Å². The minimum atomic E-state index is -0.433. The van der Waals surface area contributed by atoms with Crippen LogP contribution in [0.3, 0.4) is 0 Å². The zero-order chi connectivity index (χ0) is 20.4. The van der Waals surface area contributed by atoms with Gasteiger partial charge in [-0.1, -0.05) is 12.2 Å². The van der Waals surface area contributed by atoms with E-state index in [4.69, 9.17) is 13.9 Å². The molecule has 1 saturated carbocycles. The average Bonchev–Trinajstić information content (AvgIpc) is 3.49. The molecule has 4 rings (SSSR count). The van der Waals surface area contributed by atoms with Crippen LogP contribution in [0.25, 0.3) is 0 Å². The number of nitrogens with one attached hydrogen (secondary N) is 2. The molecule has 29 heavy (non-hydrogen) atoms. The van der Waals surface area contributed by atoms with E-state index in [1.54, 1.807) is 50.8 Å². The number of hydrogen-bond acceptors (Lipinski definition) is 5. The fourth-order valence-electron chi connectivity index (χ4n) is 4.37. The summed E-state index contributed by atoms with van der Waals surface area (Å²) in [6.45, 7) is 0.307. The van der Waals surface area contributed by atoms with Gasteiger partial charge in [0.15, 0.2) is 0 Å². The second-order valence-corrected chi connectivity index (χ2v) is 7.35. The van der Waals surface area contributed by atoms with Gasteiger partial charge in [0.05, 0.1) is 44.6 Å². The number of carbonyl (C=O) groups excluding carboxylic acids is 2. The summed E-state index contributed by atoms with van der Waals surface area (Å²) in [5.41, 5.74) is 0.526. The number of ether oxygens (including phenoxy) is 2. The molecule has 0 saturated heterocycles. The molecule has 1 aromatic carbocycles. The zero-order valence-corrected chi connectivity index (χ0v) is 16.4. The lowest BCUT2D eigenvalue weighted by Gasteiger charge is -2.26. The third-order valence-electron chi connectivity index (χ3n) is 5.75. The van der Waals surface area contributed by atoms with Crippen LogP contribution in [0, 0.1) is 23.7 Å². The highest BCUT2D eigenvalue weighted by molar-refractivity contribution is 5.98. The van der Waals surface area contributed by atoms with Crippen molar-refractivity contribution in [2.45, 2.75) is 13.0 Å². The smallest absolute Gasteiger partial charge is 0.229 e. The Morgan fingerprint density at radius 3 is 2.48 bits per heavy atom. The molecular weight excluding hydrogens is 372 g/mol. The number of hydrogen-bond donors (Lipinski definition) is 2. The molecular formula is C22H24N2O5. The monoisotopic (exact) mass is 396 g/mol. The Kier molecular flexibility index (Phi) is 5.29. The molecule has 1 heterocycles. The Hall–Kier alpha value is -3.22. The molecule has 2 aromatic rings. The van der Waals surface area contributed by atoms with Gasteiger partial charge in [-0.25, -0.2) is 0 Å². The lowest BCUT2D eigenvalue weighted by Crippen LogP contribution is -2.41. The van der Waals surface area contributed by atoms with Crippen molar-refractivity contribution in [1.82, 2.24) is 5.32 Å². The molecule has 0 unspecified atom stereocenters. The first-order valence-corrected chi connectivity index (χ1v) is 9.62. The van der Waals surface area contributed by atoms with Crippen molar-refractivity contribution in [2.24, 2.45) is 23.7 Å². The van der Waals surface area contributed by atoms with Gasteiger partial charge in [0.2, 0.25) is 11.8 Å². The minimum absolute atomic E-state index is 0.0518. The highest BCUT2D eigenvalue weighted by atomic mass is 16.5. The first kappa shape index (κ1) is 19.1. The number of amides is 2. The SMILES string of the molecule is COc1ccc(OC)c(NC(=O)[C@@H]2[C@@H](C(=O)NCc3ccco3)[C@H]3C=C[C@@H]2C3)c1. The van der Waals surface area contributed by atoms with Crippen molar-refractivity contribution in [3.63, 3.8) is 0 Å². The van der Waals surface area contributed by atoms with Crippen molar-refractivity contribution < 1.29 is 23.5 Å². The third kappa shape index (κ3) is 3.72. The molecule has 2 aliphatic carbocycles. The number of benzene rings is 1. The van der Waals surface area contributed by atoms with Gasteiger partial charge in [0.1, 0.15) is 17.3 Å². The van der Waals surface area contributed by atoms with Gasteiger partial charge >= 0.3 is 0 Å². The quantitative estimate of drug-likeness (QED) is 0.703. The normalized spacial score (nSPS) is 24.3. The summed E-state index contributed by atoms with van der Waals surface area (Å²) in [4.78, 5) is 26.1. The first-order valence-electron chi connectivity index (χ1n) is 9.62. The number of methoxy groups -OCH3 is 2. The van der Waals surface area contributed by atoms with Crippen LogP contribution in [0.2, 0.25) is 0 Å². The summed E-state index contributed by atoms with van der Waals surface area (Å²) in [5.74, 6) is 0.796. The molecule has 2 bridgehead atoms. The van der Waals surface area contributed by atoms with Crippen molar-refractivity contribution in [1.29, 1.82) is 0 Å². The summed E-state index contributed by atoms with van der Waals surface area (Å²) in [6, 6.07) is 8.80. The van der Waals surface area contributed by atoms with Crippen LogP contribution in [-0.2, 0) is 16.1 Å². The van der Waals surface area contributed by atoms with Crippen molar-refractivity contribution in [2.75, 3.05) is 19.5 Å². The Balaban J connectivity index is 1.50. The van der Waals surface area contributed by atoms with E-state index in [1.807, 2.05) is 6.08 Å².